The van der Waals surface area contributed by atoms with Crippen LogP contribution < -0.4 is 5.32 Å². The van der Waals surface area contributed by atoms with Gasteiger partial charge in [-0.25, -0.2) is 9.59 Å². The first-order valence-electron chi connectivity index (χ1n) is 8.25. The van der Waals surface area contributed by atoms with Gasteiger partial charge >= 0.3 is 11.9 Å². The summed E-state index contributed by atoms with van der Waals surface area (Å²) in [6.07, 6.45) is 0. The highest BCUT2D eigenvalue weighted by atomic mass is 32.1. The number of rotatable bonds is 7. The molecule has 0 radical (unpaired) electrons. The second kappa shape index (κ2) is 9.15. The Labute approximate surface area is 156 Å². The van der Waals surface area contributed by atoms with Crippen molar-refractivity contribution < 1.29 is 23.9 Å². The molecule has 26 heavy (non-hydrogen) atoms. The number of amides is 1. The molecule has 6 nitrogen and oxygen atoms in total. The molecule has 2 rings (SSSR count). The van der Waals surface area contributed by atoms with E-state index in [-0.39, 0.29) is 12.5 Å². The molecule has 0 fully saturated rings. The van der Waals surface area contributed by atoms with E-state index in [1.807, 2.05) is 13.8 Å². The second-order valence-electron chi connectivity index (χ2n) is 5.76. The van der Waals surface area contributed by atoms with Crippen molar-refractivity contribution in [2.75, 3.05) is 18.5 Å². The van der Waals surface area contributed by atoms with Gasteiger partial charge in [-0.1, -0.05) is 32.0 Å². The van der Waals surface area contributed by atoms with Crippen molar-refractivity contribution in [3.05, 3.63) is 52.4 Å². The number of anilines is 1. The smallest absolute Gasteiger partial charge is 0.341 e. The van der Waals surface area contributed by atoms with Crippen LogP contribution in [0.25, 0.3) is 0 Å². The van der Waals surface area contributed by atoms with Crippen LogP contribution in [0.5, 0.6) is 0 Å². The molecule has 0 unspecified atom stereocenters. The average Bonchev–Trinajstić information content (AvgIpc) is 3.05. The van der Waals surface area contributed by atoms with E-state index in [9.17, 15) is 14.4 Å². The van der Waals surface area contributed by atoms with Crippen molar-refractivity contribution in [1.82, 2.24) is 0 Å². The van der Waals surface area contributed by atoms with Gasteiger partial charge in [-0.2, -0.15) is 0 Å². The molecule has 1 heterocycles. The van der Waals surface area contributed by atoms with E-state index in [0.717, 1.165) is 4.88 Å². The predicted molar refractivity (Wildman–Crippen MR) is 99.7 cm³/mol. The van der Waals surface area contributed by atoms with Crippen molar-refractivity contribution >= 4 is 34.2 Å². The number of thiophene rings is 1. The molecule has 1 amide bonds. The number of hydrogen-bond donors (Lipinski definition) is 1. The van der Waals surface area contributed by atoms with Crippen molar-refractivity contribution in [3.63, 3.8) is 0 Å². The maximum Gasteiger partial charge on any atom is 0.341 e. The Hall–Kier alpha value is -2.67. The van der Waals surface area contributed by atoms with E-state index in [1.54, 1.807) is 43.3 Å². The highest BCUT2D eigenvalue weighted by Gasteiger charge is 2.20. The van der Waals surface area contributed by atoms with Crippen LogP contribution in [0.4, 0.5) is 5.00 Å². The third-order valence-corrected chi connectivity index (χ3v) is 4.76. The second-order valence-corrected chi connectivity index (χ2v) is 6.84. The fourth-order valence-electron chi connectivity index (χ4n) is 2.10. The van der Waals surface area contributed by atoms with Crippen LogP contribution in [0, 0.1) is 0 Å². The summed E-state index contributed by atoms with van der Waals surface area (Å²) in [5.74, 6) is -1.39. The number of hydrogen-bond acceptors (Lipinski definition) is 6. The van der Waals surface area contributed by atoms with Gasteiger partial charge in [0.2, 0.25) is 0 Å². The van der Waals surface area contributed by atoms with Crippen LogP contribution in [0.1, 0.15) is 52.3 Å². The minimum absolute atomic E-state index is 0.203. The molecule has 0 spiro atoms. The zero-order valence-corrected chi connectivity index (χ0v) is 15.7. The molecule has 138 valence electrons. The van der Waals surface area contributed by atoms with Gasteiger partial charge in [0.15, 0.2) is 6.61 Å². The number of esters is 2. The number of ether oxygens (including phenoxy) is 2. The number of nitrogens with one attached hydrogen (secondary N) is 1. The van der Waals surface area contributed by atoms with Crippen molar-refractivity contribution in [1.29, 1.82) is 0 Å². The minimum Gasteiger partial charge on any atom is -0.462 e. The van der Waals surface area contributed by atoms with Gasteiger partial charge in [-0.15, -0.1) is 11.3 Å². The molecule has 0 bridgehead atoms. The summed E-state index contributed by atoms with van der Waals surface area (Å²) in [7, 11) is 0. The molecule has 0 aliphatic rings. The lowest BCUT2D eigenvalue weighted by Gasteiger charge is -2.07. The molecule has 2 aromatic rings. The monoisotopic (exact) mass is 375 g/mol. The maximum atomic E-state index is 12.1. The molecule has 7 heteroatoms. The highest BCUT2D eigenvalue weighted by molar-refractivity contribution is 7.16. The van der Waals surface area contributed by atoms with E-state index in [1.165, 1.54) is 11.3 Å². The first kappa shape index (κ1) is 19.7. The molecule has 0 aliphatic carbocycles. The summed E-state index contributed by atoms with van der Waals surface area (Å²) in [4.78, 5) is 37.0. The fourth-order valence-corrected chi connectivity index (χ4v) is 3.16. The lowest BCUT2D eigenvalue weighted by molar-refractivity contribution is -0.119. The van der Waals surface area contributed by atoms with Crippen LogP contribution in [0.3, 0.4) is 0 Å². The molecular formula is C19H21NO5S. The van der Waals surface area contributed by atoms with Crippen LogP contribution in [-0.2, 0) is 14.3 Å². The van der Waals surface area contributed by atoms with Crippen LogP contribution >= 0.6 is 11.3 Å². The minimum atomic E-state index is -0.583. The molecule has 1 aromatic carbocycles. The van der Waals surface area contributed by atoms with E-state index < -0.39 is 24.5 Å². The normalized spacial score (nSPS) is 10.5. The van der Waals surface area contributed by atoms with Crippen molar-refractivity contribution in [2.45, 2.75) is 26.7 Å². The number of carbonyl (C=O) groups is 3. The van der Waals surface area contributed by atoms with Crippen LogP contribution in [-0.4, -0.2) is 31.1 Å². The van der Waals surface area contributed by atoms with Crippen LogP contribution in [0.15, 0.2) is 36.4 Å². The third-order valence-electron chi connectivity index (χ3n) is 3.41. The van der Waals surface area contributed by atoms with E-state index in [4.69, 9.17) is 9.47 Å². The zero-order valence-electron chi connectivity index (χ0n) is 14.9. The Morgan fingerprint density at radius 2 is 1.77 bits per heavy atom. The molecule has 0 saturated carbocycles. The Bertz CT molecular complexity index is 782. The van der Waals surface area contributed by atoms with Gasteiger partial charge in [0.25, 0.3) is 5.91 Å². The van der Waals surface area contributed by atoms with Crippen molar-refractivity contribution in [3.8, 4) is 0 Å². The lowest BCUT2D eigenvalue weighted by atomic mass is 10.1. The predicted octanol–water partition coefficient (Wildman–Crippen LogP) is 3.84. The summed E-state index contributed by atoms with van der Waals surface area (Å²) in [5.41, 5.74) is 0.675. The Kier molecular flexibility index (Phi) is 6.91. The van der Waals surface area contributed by atoms with Crippen molar-refractivity contribution in [2.24, 2.45) is 0 Å². The van der Waals surface area contributed by atoms with Gasteiger partial charge < -0.3 is 14.8 Å². The number of carbonyl (C=O) groups excluding carboxylic acids is 3. The molecule has 1 aromatic heterocycles. The first-order chi connectivity index (χ1) is 12.4. The molecule has 0 atom stereocenters. The van der Waals surface area contributed by atoms with Crippen LogP contribution in [0.2, 0.25) is 0 Å². The standard InChI is InChI=1S/C19H21NO5S/c1-4-24-19(23)14-10-15(12(2)3)26-17(14)20-16(21)11-25-18(22)13-8-6-5-7-9-13/h5-10,12H,4,11H2,1-3H3,(H,20,21). The highest BCUT2D eigenvalue weighted by Crippen LogP contribution is 2.33. The third kappa shape index (κ3) is 5.16. The summed E-state index contributed by atoms with van der Waals surface area (Å²) in [6, 6.07) is 10.1. The SMILES string of the molecule is CCOC(=O)c1cc(C(C)C)sc1NC(=O)COC(=O)c1ccccc1. The summed E-state index contributed by atoms with van der Waals surface area (Å²) >= 11 is 1.31. The fraction of sp³-hybridized carbons (Fsp3) is 0.316. The van der Waals surface area contributed by atoms with Gasteiger partial charge in [0.1, 0.15) is 5.00 Å². The topological polar surface area (TPSA) is 81.7 Å². The quantitative estimate of drug-likeness (QED) is 0.744. The van der Waals surface area contributed by atoms with Gasteiger partial charge in [-0.05, 0) is 31.0 Å². The van der Waals surface area contributed by atoms with E-state index in [2.05, 4.69) is 5.32 Å². The number of benzene rings is 1. The van der Waals surface area contributed by atoms with E-state index >= 15 is 0 Å². The molecule has 1 N–H and O–H groups in total. The molecule has 0 saturated heterocycles. The summed E-state index contributed by atoms with van der Waals surface area (Å²) in [5, 5.41) is 3.03. The Morgan fingerprint density at radius 1 is 1.08 bits per heavy atom. The zero-order chi connectivity index (χ0) is 19.1. The van der Waals surface area contributed by atoms with Gasteiger partial charge in [0.05, 0.1) is 17.7 Å². The van der Waals surface area contributed by atoms with Gasteiger partial charge in [0, 0.05) is 4.88 Å². The molecular weight excluding hydrogens is 354 g/mol. The average molecular weight is 375 g/mol. The maximum absolute atomic E-state index is 12.1. The largest absolute Gasteiger partial charge is 0.462 e. The lowest BCUT2D eigenvalue weighted by Crippen LogP contribution is -2.21. The van der Waals surface area contributed by atoms with E-state index in [0.29, 0.717) is 16.1 Å². The Balaban J connectivity index is 2.03. The Morgan fingerprint density at radius 3 is 2.38 bits per heavy atom. The van der Waals surface area contributed by atoms with Gasteiger partial charge in [-0.3, -0.25) is 4.79 Å². The first-order valence-corrected chi connectivity index (χ1v) is 9.06. The molecule has 0 aliphatic heterocycles. The summed E-state index contributed by atoms with van der Waals surface area (Å²) in [6.45, 7) is 5.51. The summed E-state index contributed by atoms with van der Waals surface area (Å²) < 4.78 is 10.0.